The fraction of sp³-hybridized carbons (Fsp3) is 0.913. The molecular weight excluding hydrogens is 292 g/mol. The summed E-state index contributed by atoms with van der Waals surface area (Å²) in [6.45, 7) is 6.41. The highest BCUT2D eigenvalue weighted by Gasteiger charge is 2.30. The maximum Gasteiger partial charge on any atom is 0.0494 e. The molecule has 2 aliphatic rings. The van der Waals surface area contributed by atoms with Gasteiger partial charge in [0.2, 0.25) is 0 Å². The van der Waals surface area contributed by atoms with E-state index in [1.165, 1.54) is 77.0 Å². The molecule has 0 aromatic carbocycles. The summed E-state index contributed by atoms with van der Waals surface area (Å²) in [4.78, 5) is 0. The van der Waals surface area contributed by atoms with Crippen molar-refractivity contribution in [3.05, 3.63) is 12.2 Å². The first-order valence-electron chi connectivity index (χ1n) is 11.1. The second-order valence-electron chi connectivity index (χ2n) is 8.45. The Morgan fingerprint density at radius 2 is 1.42 bits per heavy atom. The van der Waals surface area contributed by atoms with E-state index in [9.17, 15) is 0 Å². The maximum absolute atomic E-state index is 5.77. The lowest BCUT2D eigenvalue weighted by Gasteiger charge is -2.38. The molecule has 0 atom stereocenters. The standard InChI is InChI=1S/C23H42O/c1-3-5-6-7-8-9-20-10-14-22(15-11-20)23-16-12-21(13-17-23)19-24-18-4-2/h5-6,20-23H,3-4,7-19H2,1-2H3/b6-5-. The summed E-state index contributed by atoms with van der Waals surface area (Å²) in [5.74, 6) is 4.00. The second-order valence-corrected chi connectivity index (χ2v) is 8.45. The van der Waals surface area contributed by atoms with Crippen molar-refractivity contribution in [3.63, 3.8) is 0 Å². The molecule has 2 fully saturated rings. The monoisotopic (exact) mass is 334 g/mol. The molecule has 0 aromatic rings. The Morgan fingerprint density at radius 1 is 0.792 bits per heavy atom. The van der Waals surface area contributed by atoms with Crippen LogP contribution in [-0.4, -0.2) is 13.2 Å². The van der Waals surface area contributed by atoms with Crippen LogP contribution >= 0.6 is 0 Å². The number of rotatable bonds is 10. The average molecular weight is 335 g/mol. The number of unbranched alkanes of at least 4 members (excludes halogenated alkanes) is 1. The van der Waals surface area contributed by atoms with Crippen molar-refractivity contribution in [2.24, 2.45) is 23.7 Å². The molecule has 0 amide bonds. The molecule has 2 aliphatic carbocycles. The minimum Gasteiger partial charge on any atom is -0.381 e. The van der Waals surface area contributed by atoms with Gasteiger partial charge in [-0.15, -0.1) is 0 Å². The second kappa shape index (κ2) is 12.1. The Labute approximate surface area is 151 Å². The van der Waals surface area contributed by atoms with Crippen molar-refractivity contribution in [1.82, 2.24) is 0 Å². The molecule has 0 heterocycles. The number of hydrogen-bond acceptors (Lipinski definition) is 1. The molecule has 1 heteroatoms. The van der Waals surface area contributed by atoms with E-state index in [-0.39, 0.29) is 0 Å². The quantitative estimate of drug-likeness (QED) is 0.304. The van der Waals surface area contributed by atoms with E-state index in [4.69, 9.17) is 4.74 Å². The van der Waals surface area contributed by atoms with Gasteiger partial charge >= 0.3 is 0 Å². The molecule has 0 saturated heterocycles. The zero-order chi connectivity index (χ0) is 17.0. The average Bonchev–Trinajstić information content (AvgIpc) is 2.63. The first-order chi connectivity index (χ1) is 11.8. The predicted octanol–water partition coefficient (Wildman–Crippen LogP) is 7.16. The van der Waals surface area contributed by atoms with Crippen molar-refractivity contribution < 1.29 is 4.74 Å². The summed E-state index contributed by atoms with van der Waals surface area (Å²) in [6.07, 6.45) is 23.2. The van der Waals surface area contributed by atoms with Crippen LogP contribution in [0.3, 0.4) is 0 Å². The Hall–Kier alpha value is -0.300. The number of hydrogen-bond donors (Lipinski definition) is 0. The third-order valence-electron chi connectivity index (χ3n) is 6.54. The van der Waals surface area contributed by atoms with E-state index in [2.05, 4.69) is 26.0 Å². The van der Waals surface area contributed by atoms with Crippen LogP contribution in [0.5, 0.6) is 0 Å². The maximum atomic E-state index is 5.77. The highest BCUT2D eigenvalue weighted by molar-refractivity contribution is 4.83. The van der Waals surface area contributed by atoms with Crippen molar-refractivity contribution in [2.45, 2.75) is 97.3 Å². The lowest BCUT2D eigenvalue weighted by molar-refractivity contribution is 0.0648. The molecular formula is C23H42O. The first kappa shape index (κ1) is 20.0. The van der Waals surface area contributed by atoms with Crippen molar-refractivity contribution in [3.8, 4) is 0 Å². The highest BCUT2D eigenvalue weighted by Crippen LogP contribution is 2.42. The summed E-state index contributed by atoms with van der Waals surface area (Å²) < 4.78 is 5.77. The Morgan fingerprint density at radius 3 is 2.00 bits per heavy atom. The van der Waals surface area contributed by atoms with Gasteiger partial charge < -0.3 is 4.74 Å². The topological polar surface area (TPSA) is 9.23 Å². The van der Waals surface area contributed by atoms with Gasteiger partial charge in [0.25, 0.3) is 0 Å². The zero-order valence-corrected chi connectivity index (χ0v) is 16.5. The van der Waals surface area contributed by atoms with Crippen LogP contribution in [0, 0.1) is 23.7 Å². The normalized spacial score (nSPS) is 31.6. The van der Waals surface area contributed by atoms with E-state index in [0.717, 1.165) is 43.3 Å². The lowest BCUT2D eigenvalue weighted by Crippen LogP contribution is -2.27. The molecule has 0 bridgehead atoms. The smallest absolute Gasteiger partial charge is 0.0494 e. The van der Waals surface area contributed by atoms with Gasteiger partial charge in [-0.2, -0.15) is 0 Å². The molecule has 2 saturated carbocycles. The summed E-state index contributed by atoms with van der Waals surface area (Å²) in [7, 11) is 0. The first-order valence-corrected chi connectivity index (χ1v) is 11.1. The van der Waals surface area contributed by atoms with Gasteiger partial charge in [0.05, 0.1) is 0 Å². The van der Waals surface area contributed by atoms with E-state index < -0.39 is 0 Å². The van der Waals surface area contributed by atoms with E-state index >= 15 is 0 Å². The van der Waals surface area contributed by atoms with Gasteiger partial charge in [0.1, 0.15) is 0 Å². The van der Waals surface area contributed by atoms with Crippen molar-refractivity contribution >= 4 is 0 Å². The van der Waals surface area contributed by atoms with E-state index in [0.29, 0.717) is 0 Å². The number of allylic oxidation sites excluding steroid dienone is 2. The van der Waals surface area contributed by atoms with Gasteiger partial charge in [0.15, 0.2) is 0 Å². The zero-order valence-electron chi connectivity index (χ0n) is 16.5. The van der Waals surface area contributed by atoms with E-state index in [1.54, 1.807) is 0 Å². The minimum absolute atomic E-state index is 0.861. The lowest BCUT2D eigenvalue weighted by atomic mass is 9.69. The van der Waals surface area contributed by atoms with Gasteiger partial charge in [-0.1, -0.05) is 45.3 Å². The molecule has 2 rings (SSSR count). The Kier molecular flexibility index (Phi) is 10.1. The van der Waals surface area contributed by atoms with Gasteiger partial charge in [0, 0.05) is 13.2 Å². The molecule has 1 nitrogen and oxygen atoms in total. The van der Waals surface area contributed by atoms with Crippen LogP contribution in [0.1, 0.15) is 97.3 Å². The molecule has 0 spiro atoms. The molecule has 0 radical (unpaired) electrons. The third kappa shape index (κ3) is 7.30. The largest absolute Gasteiger partial charge is 0.381 e. The van der Waals surface area contributed by atoms with Crippen LogP contribution in [0.25, 0.3) is 0 Å². The summed E-state index contributed by atoms with van der Waals surface area (Å²) in [5.41, 5.74) is 0. The Balaban J connectivity index is 1.55. The van der Waals surface area contributed by atoms with Crippen LogP contribution in [-0.2, 0) is 4.74 Å². The fourth-order valence-corrected chi connectivity index (χ4v) is 4.98. The predicted molar refractivity (Wildman–Crippen MR) is 105 cm³/mol. The van der Waals surface area contributed by atoms with Gasteiger partial charge in [-0.05, 0) is 87.9 Å². The molecule has 0 unspecified atom stereocenters. The number of ether oxygens (including phenoxy) is 1. The van der Waals surface area contributed by atoms with Crippen molar-refractivity contribution in [1.29, 1.82) is 0 Å². The van der Waals surface area contributed by atoms with Crippen LogP contribution in [0.4, 0.5) is 0 Å². The van der Waals surface area contributed by atoms with Gasteiger partial charge in [-0.3, -0.25) is 0 Å². The highest BCUT2D eigenvalue weighted by atomic mass is 16.5. The Bertz CT molecular complexity index is 319. The van der Waals surface area contributed by atoms with Crippen LogP contribution in [0.15, 0.2) is 12.2 Å². The van der Waals surface area contributed by atoms with Gasteiger partial charge in [-0.25, -0.2) is 0 Å². The molecule has 0 aromatic heterocycles. The van der Waals surface area contributed by atoms with Crippen LogP contribution in [0.2, 0.25) is 0 Å². The molecule has 140 valence electrons. The minimum atomic E-state index is 0.861. The molecule has 0 aliphatic heterocycles. The summed E-state index contributed by atoms with van der Waals surface area (Å²) in [6, 6.07) is 0. The van der Waals surface area contributed by atoms with Crippen LogP contribution < -0.4 is 0 Å². The third-order valence-corrected chi connectivity index (χ3v) is 6.54. The SMILES string of the molecule is CC/C=C\CCCC1CCC(C2CCC(COCCC)CC2)CC1. The van der Waals surface area contributed by atoms with E-state index in [1.807, 2.05) is 0 Å². The van der Waals surface area contributed by atoms with Crippen molar-refractivity contribution in [2.75, 3.05) is 13.2 Å². The summed E-state index contributed by atoms with van der Waals surface area (Å²) in [5, 5.41) is 0. The fourth-order valence-electron chi connectivity index (χ4n) is 4.98. The molecule has 0 N–H and O–H groups in total. The summed E-state index contributed by atoms with van der Waals surface area (Å²) >= 11 is 0. The molecule has 24 heavy (non-hydrogen) atoms.